The molecule has 0 aliphatic rings. The van der Waals surface area contributed by atoms with Crippen LogP contribution in [0.15, 0.2) is 24.4 Å². The summed E-state index contributed by atoms with van der Waals surface area (Å²) in [5.74, 6) is 0. The fraction of sp³-hybridized carbons (Fsp3) is 0. The standard InChI is InChI=1S/C9H4Cl2N/c10-7-4-3-6-2-1-5-12-9(6)8(7)11/h2-5H. The maximum atomic E-state index is 5.92. The number of fused-ring (bicyclic) bond motifs is 1. The van der Waals surface area contributed by atoms with Gasteiger partial charge >= 0.3 is 0 Å². The summed E-state index contributed by atoms with van der Waals surface area (Å²) in [6, 6.07) is 8.31. The van der Waals surface area contributed by atoms with Crippen molar-refractivity contribution < 1.29 is 0 Å². The second-order valence-electron chi connectivity index (χ2n) is 2.37. The summed E-state index contributed by atoms with van der Waals surface area (Å²) in [4.78, 5) is 4.07. The van der Waals surface area contributed by atoms with E-state index in [-0.39, 0.29) is 0 Å². The van der Waals surface area contributed by atoms with Crippen LogP contribution in [0.5, 0.6) is 0 Å². The third-order valence-electron chi connectivity index (χ3n) is 1.61. The van der Waals surface area contributed by atoms with Gasteiger partial charge in [-0.05, 0) is 12.1 Å². The van der Waals surface area contributed by atoms with Crippen LogP contribution in [-0.2, 0) is 0 Å². The van der Waals surface area contributed by atoms with Crippen molar-refractivity contribution in [2.45, 2.75) is 0 Å². The van der Waals surface area contributed by atoms with E-state index in [1.165, 1.54) is 0 Å². The van der Waals surface area contributed by atoms with E-state index in [1.54, 1.807) is 12.3 Å². The number of hydrogen-bond donors (Lipinski definition) is 0. The van der Waals surface area contributed by atoms with E-state index in [4.69, 9.17) is 23.2 Å². The van der Waals surface area contributed by atoms with Crippen LogP contribution in [-0.4, -0.2) is 4.98 Å². The lowest BCUT2D eigenvalue weighted by molar-refractivity contribution is 1.41. The Balaban J connectivity index is 2.91. The molecule has 3 heteroatoms. The maximum Gasteiger partial charge on any atom is 0.0903 e. The van der Waals surface area contributed by atoms with Gasteiger partial charge < -0.3 is 0 Å². The fourth-order valence-corrected chi connectivity index (χ4v) is 1.40. The van der Waals surface area contributed by atoms with Crippen LogP contribution in [0.2, 0.25) is 10.0 Å². The molecule has 2 aromatic rings. The first-order valence-corrected chi connectivity index (χ1v) is 4.14. The van der Waals surface area contributed by atoms with E-state index >= 15 is 0 Å². The van der Waals surface area contributed by atoms with Crippen molar-refractivity contribution in [2.75, 3.05) is 0 Å². The molecule has 0 amide bonds. The van der Waals surface area contributed by atoms with Crippen LogP contribution in [0, 0.1) is 6.07 Å². The van der Waals surface area contributed by atoms with Gasteiger partial charge in [-0.15, -0.1) is 0 Å². The van der Waals surface area contributed by atoms with Crippen molar-refractivity contribution >= 4 is 34.1 Å². The number of benzene rings is 1. The summed E-state index contributed by atoms with van der Waals surface area (Å²) in [5.41, 5.74) is 0.725. The average Bonchev–Trinajstić information content (AvgIpc) is 2.12. The topological polar surface area (TPSA) is 12.9 Å². The summed E-state index contributed by atoms with van der Waals surface area (Å²) in [6.45, 7) is 0. The van der Waals surface area contributed by atoms with Crippen LogP contribution in [0.1, 0.15) is 0 Å². The minimum Gasteiger partial charge on any atom is -0.254 e. The Labute approximate surface area is 79.9 Å². The van der Waals surface area contributed by atoms with E-state index in [2.05, 4.69) is 11.1 Å². The molecule has 0 aliphatic carbocycles. The second kappa shape index (κ2) is 2.92. The van der Waals surface area contributed by atoms with Gasteiger partial charge in [0, 0.05) is 17.6 Å². The normalized spacial score (nSPS) is 10.5. The Morgan fingerprint density at radius 1 is 1.25 bits per heavy atom. The minimum absolute atomic E-state index is 0.503. The average molecular weight is 197 g/mol. The van der Waals surface area contributed by atoms with Crippen molar-refractivity contribution in [3.8, 4) is 0 Å². The third-order valence-corrected chi connectivity index (χ3v) is 2.40. The first kappa shape index (κ1) is 7.84. The Kier molecular flexibility index (Phi) is 1.91. The molecule has 1 radical (unpaired) electrons. The van der Waals surface area contributed by atoms with Crippen molar-refractivity contribution in [1.82, 2.24) is 4.98 Å². The zero-order valence-corrected chi connectivity index (χ0v) is 7.52. The van der Waals surface area contributed by atoms with Crippen LogP contribution in [0.25, 0.3) is 10.9 Å². The first-order valence-electron chi connectivity index (χ1n) is 3.39. The lowest BCUT2D eigenvalue weighted by Crippen LogP contribution is -1.79. The molecule has 0 bridgehead atoms. The van der Waals surface area contributed by atoms with Gasteiger partial charge in [0.15, 0.2) is 0 Å². The fourth-order valence-electron chi connectivity index (χ4n) is 1.03. The number of hydrogen-bond acceptors (Lipinski definition) is 1. The number of rotatable bonds is 0. The van der Waals surface area contributed by atoms with E-state index < -0.39 is 0 Å². The van der Waals surface area contributed by atoms with E-state index in [1.807, 2.05) is 12.1 Å². The lowest BCUT2D eigenvalue weighted by atomic mass is 10.2. The number of halogens is 2. The van der Waals surface area contributed by atoms with Gasteiger partial charge in [-0.3, -0.25) is 4.98 Å². The van der Waals surface area contributed by atoms with E-state index in [9.17, 15) is 0 Å². The lowest BCUT2D eigenvalue weighted by Gasteiger charge is -1.99. The molecule has 0 fully saturated rings. The Morgan fingerprint density at radius 3 is 2.92 bits per heavy atom. The number of nitrogens with zero attached hydrogens (tertiary/aromatic N) is 1. The largest absolute Gasteiger partial charge is 0.254 e. The van der Waals surface area contributed by atoms with Crippen LogP contribution in [0.3, 0.4) is 0 Å². The first-order chi connectivity index (χ1) is 5.79. The Morgan fingerprint density at radius 2 is 2.08 bits per heavy atom. The molecule has 0 unspecified atom stereocenters. The Hall–Kier alpha value is -0.790. The molecule has 0 saturated heterocycles. The molecule has 1 heterocycles. The molecule has 1 aromatic heterocycles. The van der Waals surface area contributed by atoms with E-state index in [0.29, 0.717) is 10.0 Å². The van der Waals surface area contributed by atoms with Gasteiger partial charge in [-0.2, -0.15) is 0 Å². The molecule has 1 nitrogen and oxygen atoms in total. The summed E-state index contributed by atoms with van der Waals surface area (Å²) in [5, 5.41) is 1.98. The second-order valence-corrected chi connectivity index (χ2v) is 3.15. The quantitative estimate of drug-likeness (QED) is 0.631. The molecule has 2 rings (SSSR count). The van der Waals surface area contributed by atoms with Gasteiger partial charge in [0.05, 0.1) is 15.6 Å². The highest BCUT2D eigenvalue weighted by Crippen LogP contribution is 2.28. The zero-order valence-electron chi connectivity index (χ0n) is 6.01. The zero-order chi connectivity index (χ0) is 8.55. The Bertz CT molecular complexity index is 426. The highest BCUT2D eigenvalue weighted by Gasteiger charge is 2.02. The van der Waals surface area contributed by atoms with Gasteiger partial charge in [0.25, 0.3) is 0 Å². The molecule has 0 saturated carbocycles. The number of aromatic nitrogens is 1. The summed E-state index contributed by atoms with van der Waals surface area (Å²) in [6.07, 6.45) is 1.57. The molecular weight excluding hydrogens is 193 g/mol. The number of pyridine rings is 1. The molecular formula is C9H4Cl2N. The van der Waals surface area contributed by atoms with Gasteiger partial charge in [0.1, 0.15) is 0 Å². The molecule has 0 aliphatic heterocycles. The van der Waals surface area contributed by atoms with Crippen LogP contribution < -0.4 is 0 Å². The molecule has 0 spiro atoms. The maximum absolute atomic E-state index is 5.92. The van der Waals surface area contributed by atoms with E-state index in [0.717, 1.165) is 10.9 Å². The smallest absolute Gasteiger partial charge is 0.0903 e. The summed E-state index contributed by atoms with van der Waals surface area (Å²) >= 11 is 11.7. The SMILES string of the molecule is Clc1ccc2c[c]cnc2c1Cl. The molecule has 59 valence electrons. The highest BCUT2D eigenvalue weighted by atomic mass is 35.5. The molecule has 1 aromatic carbocycles. The molecule has 0 N–H and O–H groups in total. The molecule has 12 heavy (non-hydrogen) atoms. The van der Waals surface area contributed by atoms with Crippen molar-refractivity contribution in [1.29, 1.82) is 0 Å². The predicted octanol–water partition coefficient (Wildman–Crippen LogP) is 3.34. The monoisotopic (exact) mass is 196 g/mol. The van der Waals surface area contributed by atoms with Crippen molar-refractivity contribution in [2.24, 2.45) is 0 Å². The summed E-state index contributed by atoms with van der Waals surface area (Å²) in [7, 11) is 0. The summed E-state index contributed by atoms with van der Waals surface area (Å²) < 4.78 is 0. The predicted molar refractivity (Wildman–Crippen MR) is 50.6 cm³/mol. The van der Waals surface area contributed by atoms with Gasteiger partial charge in [0.2, 0.25) is 0 Å². The van der Waals surface area contributed by atoms with Crippen molar-refractivity contribution in [3.63, 3.8) is 0 Å². The van der Waals surface area contributed by atoms with Crippen molar-refractivity contribution in [3.05, 3.63) is 40.5 Å². The van der Waals surface area contributed by atoms with Gasteiger partial charge in [-0.1, -0.05) is 29.3 Å². The third kappa shape index (κ3) is 1.15. The van der Waals surface area contributed by atoms with Gasteiger partial charge in [-0.25, -0.2) is 0 Å². The minimum atomic E-state index is 0.503. The molecule has 0 atom stereocenters. The van der Waals surface area contributed by atoms with Crippen LogP contribution >= 0.6 is 23.2 Å². The van der Waals surface area contributed by atoms with Crippen LogP contribution in [0.4, 0.5) is 0 Å². The highest BCUT2D eigenvalue weighted by molar-refractivity contribution is 6.44.